The van der Waals surface area contributed by atoms with Crippen molar-refractivity contribution < 1.29 is 0 Å². The summed E-state index contributed by atoms with van der Waals surface area (Å²) in [7, 11) is 0. The maximum Gasteiger partial charge on any atom is 0.160 e. The molecule has 3 nitrogen and oxygen atoms in total. The molecule has 0 unspecified atom stereocenters. The van der Waals surface area contributed by atoms with E-state index in [2.05, 4.69) is 199 Å². The second-order valence-corrected chi connectivity index (χ2v) is 14.1. The Bertz CT molecular complexity index is 3250. The van der Waals surface area contributed by atoms with Gasteiger partial charge in [-0.15, -0.1) is 0 Å². The highest BCUT2D eigenvalue weighted by Gasteiger charge is 2.21. The van der Waals surface area contributed by atoms with Crippen LogP contribution in [-0.2, 0) is 0 Å². The molecule has 0 spiro atoms. The third-order valence-corrected chi connectivity index (χ3v) is 11.0. The fraction of sp³-hybridized carbons (Fsp3) is 0. The Balaban J connectivity index is 1.23. The molecule has 0 saturated heterocycles. The van der Waals surface area contributed by atoms with Gasteiger partial charge in [0, 0.05) is 38.7 Å². The van der Waals surface area contributed by atoms with Crippen LogP contribution in [0.3, 0.4) is 0 Å². The van der Waals surface area contributed by atoms with Gasteiger partial charge in [0.15, 0.2) is 5.82 Å². The van der Waals surface area contributed by atoms with E-state index >= 15 is 0 Å². The van der Waals surface area contributed by atoms with Gasteiger partial charge in [0.1, 0.15) is 0 Å². The molecule has 0 bridgehead atoms. The molecule has 2 heterocycles. The Hall–Kier alpha value is -7.36. The van der Waals surface area contributed by atoms with Crippen LogP contribution in [0.5, 0.6) is 0 Å². The van der Waals surface area contributed by atoms with Gasteiger partial charge in [-0.25, -0.2) is 9.97 Å². The first-order valence-corrected chi connectivity index (χ1v) is 18.8. The molecule has 0 aliphatic rings. The van der Waals surface area contributed by atoms with Crippen molar-refractivity contribution in [3.05, 3.63) is 200 Å². The third kappa shape index (κ3) is 5.05. The maximum absolute atomic E-state index is 5.43. The second kappa shape index (κ2) is 12.6. The van der Waals surface area contributed by atoms with E-state index < -0.39 is 0 Å². The summed E-state index contributed by atoms with van der Waals surface area (Å²) < 4.78 is 2.41. The molecule has 2 aromatic heterocycles. The highest BCUT2D eigenvalue weighted by molar-refractivity contribution is 6.22. The van der Waals surface area contributed by atoms with Crippen LogP contribution in [0, 0.1) is 0 Å². The normalized spacial score (nSPS) is 11.6. The Morgan fingerprint density at radius 1 is 0.364 bits per heavy atom. The molecule has 0 radical (unpaired) electrons. The van der Waals surface area contributed by atoms with Gasteiger partial charge in [-0.1, -0.05) is 170 Å². The molecule has 0 aliphatic heterocycles. The van der Waals surface area contributed by atoms with Crippen LogP contribution < -0.4 is 0 Å². The molecule has 11 rings (SSSR count). The predicted octanol–water partition coefficient (Wildman–Crippen LogP) is 13.7. The molecule has 9 aromatic carbocycles. The Labute approximate surface area is 318 Å². The summed E-state index contributed by atoms with van der Waals surface area (Å²) in [5.74, 6) is 0.695. The van der Waals surface area contributed by atoms with Crippen molar-refractivity contribution >= 4 is 54.1 Å². The van der Waals surface area contributed by atoms with E-state index in [1.54, 1.807) is 0 Å². The monoisotopic (exact) mass is 699 g/mol. The van der Waals surface area contributed by atoms with Gasteiger partial charge in [-0.3, -0.25) is 0 Å². The zero-order chi connectivity index (χ0) is 36.3. The van der Waals surface area contributed by atoms with Crippen molar-refractivity contribution in [3.8, 4) is 50.7 Å². The minimum absolute atomic E-state index is 0.695. The molecule has 0 aliphatic carbocycles. The molecule has 0 N–H and O–H groups in total. The molecule has 0 saturated carbocycles. The lowest BCUT2D eigenvalue weighted by Crippen LogP contribution is -1.99. The molecular formula is C52H33N3. The number of nitrogens with zero attached hydrogens (tertiary/aromatic N) is 3. The van der Waals surface area contributed by atoms with Gasteiger partial charge in [-0.2, -0.15) is 0 Å². The summed E-state index contributed by atoms with van der Waals surface area (Å²) in [4.78, 5) is 10.8. The second-order valence-electron chi connectivity index (χ2n) is 14.1. The summed E-state index contributed by atoms with van der Waals surface area (Å²) in [6.07, 6.45) is 0. The van der Waals surface area contributed by atoms with Crippen molar-refractivity contribution in [2.75, 3.05) is 0 Å². The van der Waals surface area contributed by atoms with Crippen LogP contribution in [0.1, 0.15) is 0 Å². The van der Waals surface area contributed by atoms with Gasteiger partial charge < -0.3 is 4.57 Å². The SMILES string of the molecule is c1ccc(-c2nc(-c3ccccc3-c3cccc4c5ccccc5n(-c5ccccc5)c34)cc(-c3c4ccccc4cc4ccc5ccccc5c34)n2)cc1. The van der Waals surface area contributed by atoms with E-state index in [1.165, 1.54) is 54.1 Å². The van der Waals surface area contributed by atoms with Gasteiger partial charge in [0.2, 0.25) is 0 Å². The lowest BCUT2D eigenvalue weighted by atomic mass is 9.90. The van der Waals surface area contributed by atoms with Gasteiger partial charge >= 0.3 is 0 Å². The smallest absolute Gasteiger partial charge is 0.160 e. The summed E-state index contributed by atoms with van der Waals surface area (Å²) in [6, 6.07) is 71.5. The van der Waals surface area contributed by atoms with Crippen LogP contribution in [0.4, 0.5) is 0 Å². The van der Waals surface area contributed by atoms with Gasteiger partial charge in [0.25, 0.3) is 0 Å². The molecule has 55 heavy (non-hydrogen) atoms. The van der Waals surface area contributed by atoms with E-state index in [0.717, 1.165) is 44.9 Å². The molecular weight excluding hydrogens is 667 g/mol. The maximum atomic E-state index is 5.43. The standard InChI is InChI=1S/C52H33N3/c1-3-17-35(18-4-1)52-53-46(33-47(54-52)50-40-23-10-8-19-36(40)32-37-31-30-34-16-7-9-22-39(34)49(37)50)42-25-12-11-24-41(42)44-27-15-28-45-43-26-13-14-29-48(43)55(51(44)45)38-20-5-2-6-21-38/h1-33H. The quantitative estimate of drug-likeness (QED) is 0.132. The topological polar surface area (TPSA) is 30.7 Å². The third-order valence-electron chi connectivity index (χ3n) is 11.0. The summed E-state index contributed by atoms with van der Waals surface area (Å²) in [6.45, 7) is 0. The number of hydrogen-bond donors (Lipinski definition) is 0. The first kappa shape index (κ1) is 31.2. The zero-order valence-electron chi connectivity index (χ0n) is 29.9. The lowest BCUT2D eigenvalue weighted by molar-refractivity contribution is 1.18. The molecule has 0 fully saturated rings. The molecule has 256 valence electrons. The van der Waals surface area contributed by atoms with E-state index in [4.69, 9.17) is 9.97 Å². The molecule has 3 heteroatoms. The van der Waals surface area contributed by atoms with E-state index in [1.807, 2.05) is 6.07 Å². The minimum atomic E-state index is 0.695. The number of hydrogen-bond acceptors (Lipinski definition) is 2. The first-order chi connectivity index (χ1) is 27.3. The Morgan fingerprint density at radius 2 is 0.964 bits per heavy atom. The number of benzene rings is 9. The Kier molecular flexibility index (Phi) is 7.17. The summed E-state index contributed by atoms with van der Waals surface area (Å²) >= 11 is 0. The average molecular weight is 700 g/mol. The predicted molar refractivity (Wildman–Crippen MR) is 231 cm³/mol. The fourth-order valence-corrected chi connectivity index (χ4v) is 8.56. The van der Waals surface area contributed by atoms with Crippen molar-refractivity contribution in [1.82, 2.24) is 14.5 Å². The van der Waals surface area contributed by atoms with Crippen LogP contribution >= 0.6 is 0 Å². The Morgan fingerprint density at radius 3 is 1.80 bits per heavy atom. The van der Waals surface area contributed by atoms with Gasteiger partial charge in [-0.05, 0) is 68.2 Å². The molecule has 11 aromatic rings. The van der Waals surface area contributed by atoms with Crippen LogP contribution in [0.25, 0.3) is 105 Å². The first-order valence-electron chi connectivity index (χ1n) is 18.8. The lowest BCUT2D eigenvalue weighted by Gasteiger charge is -2.17. The van der Waals surface area contributed by atoms with E-state index in [9.17, 15) is 0 Å². The number of rotatable bonds is 5. The van der Waals surface area contributed by atoms with Gasteiger partial charge in [0.05, 0.1) is 22.4 Å². The van der Waals surface area contributed by atoms with E-state index in [0.29, 0.717) is 5.82 Å². The highest BCUT2D eigenvalue weighted by atomic mass is 15.0. The zero-order valence-corrected chi connectivity index (χ0v) is 29.9. The average Bonchev–Trinajstić information content (AvgIpc) is 3.61. The highest BCUT2D eigenvalue weighted by Crippen LogP contribution is 2.44. The van der Waals surface area contributed by atoms with Crippen LogP contribution in [0.2, 0.25) is 0 Å². The van der Waals surface area contributed by atoms with Crippen molar-refractivity contribution in [1.29, 1.82) is 0 Å². The van der Waals surface area contributed by atoms with Crippen molar-refractivity contribution in [2.24, 2.45) is 0 Å². The minimum Gasteiger partial charge on any atom is -0.309 e. The summed E-state index contributed by atoms with van der Waals surface area (Å²) in [5.41, 5.74) is 10.7. The van der Waals surface area contributed by atoms with Crippen molar-refractivity contribution in [2.45, 2.75) is 0 Å². The number of para-hydroxylation sites is 3. The fourth-order valence-electron chi connectivity index (χ4n) is 8.56. The molecule has 0 amide bonds. The largest absolute Gasteiger partial charge is 0.309 e. The van der Waals surface area contributed by atoms with Crippen molar-refractivity contribution in [3.63, 3.8) is 0 Å². The van der Waals surface area contributed by atoms with Crippen LogP contribution in [0.15, 0.2) is 200 Å². The van der Waals surface area contributed by atoms with Crippen LogP contribution in [-0.4, -0.2) is 14.5 Å². The number of fused-ring (bicyclic) bond motifs is 7. The number of aromatic nitrogens is 3. The summed E-state index contributed by atoms with van der Waals surface area (Å²) in [5, 5.41) is 9.60. The molecule has 0 atom stereocenters. The van der Waals surface area contributed by atoms with E-state index in [-0.39, 0.29) is 0 Å².